The molecule has 0 bridgehead atoms. The van der Waals surface area contributed by atoms with Crippen molar-refractivity contribution in [3.63, 3.8) is 0 Å². The third-order valence-electron chi connectivity index (χ3n) is 4.39. The standard InChI is InChI=1S/C23H22FNO/c1-16-6-8-18(9-7-16)22(25-21-5-3-4-17(2)14-21)15-23(26)19-10-12-20(24)13-11-19/h3-14,22,25H,15H2,1-2H3. The summed E-state index contributed by atoms with van der Waals surface area (Å²) < 4.78 is 13.1. The fourth-order valence-corrected chi connectivity index (χ4v) is 2.93. The Hall–Kier alpha value is -2.94. The highest BCUT2D eigenvalue weighted by Gasteiger charge is 2.17. The van der Waals surface area contributed by atoms with Crippen LogP contribution in [0.1, 0.15) is 39.5 Å². The van der Waals surface area contributed by atoms with Crippen LogP contribution < -0.4 is 5.32 Å². The minimum Gasteiger partial charge on any atom is -0.378 e. The van der Waals surface area contributed by atoms with Crippen LogP contribution in [0, 0.1) is 19.7 Å². The molecule has 0 aliphatic rings. The molecule has 3 aromatic rings. The van der Waals surface area contributed by atoms with Crippen LogP contribution in [0.5, 0.6) is 0 Å². The SMILES string of the molecule is Cc1ccc(C(CC(=O)c2ccc(F)cc2)Nc2cccc(C)c2)cc1. The van der Waals surface area contributed by atoms with E-state index in [-0.39, 0.29) is 17.6 Å². The minimum absolute atomic E-state index is 0.0178. The lowest BCUT2D eigenvalue weighted by Crippen LogP contribution is -2.16. The van der Waals surface area contributed by atoms with Crippen LogP contribution in [-0.2, 0) is 0 Å². The highest BCUT2D eigenvalue weighted by molar-refractivity contribution is 5.96. The van der Waals surface area contributed by atoms with E-state index in [0.717, 1.165) is 16.8 Å². The van der Waals surface area contributed by atoms with E-state index in [1.165, 1.54) is 29.8 Å². The summed E-state index contributed by atoms with van der Waals surface area (Å²) in [5.41, 5.74) is 4.88. The molecule has 0 radical (unpaired) electrons. The molecule has 3 rings (SSSR count). The smallest absolute Gasteiger partial charge is 0.165 e. The van der Waals surface area contributed by atoms with Gasteiger partial charge >= 0.3 is 0 Å². The van der Waals surface area contributed by atoms with Gasteiger partial charge in [0, 0.05) is 17.7 Å². The Morgan fingerprint density at radius 2 is 1.62 bits per heavy atom. The van der Waals surface area contributed by atoms with E-state index >= 15 is 0 Å². The summed E-state index contributed by atoms with van der Waals surface area (Å²) in [4.78, 5) is 12.7. The van der Waals surface area contributed by atoms with Gasteiger partial charge in [-0.1, -0.05) is 42.0 Å². The van der Waals surface area contributed by atoms with Crippen LogP contribution in [-0.4, -0.2) is 5.78 Å². The first-order valence-electron chi connectivity index (χ1n) is 8.70. The molecule has 0 aromatic heterocycles. The van der Waals surface area contributed by atoms with E-state index < -0.39 is 0 Å². The maximum Gasteiger partial charge on any atom is 0.165 e. The predicted molar refractivity (Wildman–Crippen MR) is 104 cm³/mol. The molecular formula is C23H22FNO. The molecule has 0 saturated carbocycles. The number of Topliss-reactive ketones (excluding diaryl/α,β-unsaturated/α-hetero) is 1. The molecule has 1 atom stereocenters. The van der Waals surface area contributed by atoms with E-state index in [9.17, 15) is 9.18 Å². The van der Waals surface area contributed by atoms with Gasteiger partial charge in [0.2, 0.25) is 0 Å². The fourth-order valence-electron chi connectivity index (χ4n) is 2.93. The van der Waals surface area contributed by atoms with Crippen LogP contribution in [0.4, 0.5) is 10.1 Å². The summed E-state index contributed by atoms with van der Waals surface area (Å²) in [6, 6.07) is 21.8. The largest absolute Gasteiger partial charge is 0.378 e. The molecule has 0 saturated heterocycles. The number of aryl methyl sites for hydroxylation is 2. The predicted octanol–water partition coefficient (Wildman–Crippen LogP) is 5.87. The van der Waals surface area contributed by atoms with Crippen molar-refractivity contribution in [2.24, 2.45) is 0 Å². The average molecular weight is 347 g/mol. The third kappa shape index (κ3) is 4.57. The van der Waals surface area contributed by atoms with Gasteiger partial charge in [0.05, 0.1) is 6.04 Å². The van der Waals surface area contributed by atoms with Gasteiger partial charge in [-0.05, 0) is 61.4 Å². The van der Waals surface area contributed by atoms with Gasteiger partial charge in [-0.15, -0.1) is 0 Å². The zero-order valence-electron chi connectivity index (χ0n) is 15.0. The highest BCUT2D eigenvalue weighted by atomic mass is 19.1. The van der Waals surface area contributed by atoms with Crippen molar-refractivity contribution in [1.29, 1.82) is 0 Å². The van der Waals surface area contributed by atoms with Crippen molar-refractivity contribution < 1.29 is 9.18 Å². The molecule has 0 aliphatic carbocycles. The summed E-state index contributed by atoms with van der Waals surface area (Å²) >= 11 is 0. The van der Waals surface area contributed by atoms with Gasteiger partial charge in [0.15, 0.2) is 5.78 Å². The molecule has 0 fully saturated rings. The molecule has 3 heteroatoms. The molecular weight excluding hydrogens is 325 g/mol. The van der Waals surface area contributed by atoms with Crippen LogP contribution in [0.25, 0.3) is 0 Å². The molecule has 0 spiro atoms. The summed E-state index contributed by atoms with van der Waals surface area (Å²) in [6.07, 6.45) is 0.294. The molecule has 0 heterocycles. The molecule has 0 aliphatic heterocycles. The second-order valence-electron chi connectivity index (χ2n) is 6.61. The Morgan fingerprint density at radius 1 is 0.923 bits per heavy atom. The number of carbonyl (C=O) groups excluding carboxylic acids is 1. The highest BCUT2D eigenvalue weighted by Crippen LogP contribution is 2.25. The lowest BCUT2D eigenvalue weighted by molar-refractivity contribution is 0.0976. The molecule has 1 N–H and O–H groups in total. The van der Waals surface area contributed by atoms with Gasteiger partial charge in [-0.25, -0.2) is 4.39 Å². The number of hydrogen-bond acceptors (Lipinski definition) is 2. The summed E-state index contributed by atoms with van der Waals surface area (Å²) in [5.74, 6) is -0.356. The maximum absolute atomic E-state index is 13.1. The minimum atomic E-state index is -0.338. The fraction of sp³-hybridized carbons (Fsp3) is 0.174. The molecule has 132 valence electrons. The lowest BCUT2D eigenvalue weighted by atomic mass is 9.96. The van der Waals surface area contributed by atoms with E-state index in [1.807, 2.05) is 56.3 Å². The number of rotatable bonds is 6. The first-order valence-corrected chi connectivity index (χ1v) is 8.70. The number of nitrogens with one attached hydrogen (secondary N) is 1. The second kappa shape index (κ2) is 7.96. The Bertz CT molecular complexity index is 885. The molecule has 2 nitrogen and oxygen atoms in total. The Kier molecular flexibility index (Phi) is 5.47. The zero-order chi connectivity index (χ0) is 18.5. The first kappa shape index (κ1) is 17.9. The molecule has 1 unspecified atom stereocenters. The number of halogens is 1. The van der Waals surface area contributed by atoms with Crippen molar-refractivity contribution in [2.45, 2.75) is 26.3 Å². The number of anilines is 1. The number of carbonyl (C=O) groups is 1. The van der Waals surface area contributed by atoms with Crippen LogP contribution >= 0.6 is 0 Å². The molecule has 26 heavy (non-hydrogen) atoms. The lowest BCUT2D eigenvalue weighted by Gasteiger charge is -2.20. The quantitative estimate of drug-likeness (QED) is 0.565. The van der Waals surface area contributed by atoms with Crippen LogP contribution in [0.3, 0.4) is 0 Å². The monoisotopic (exact) mass is 347 g/mol. The Morgan fingerprint density at radius 3 is 2.27 bits per heavy atom. The van der Waals surface area contributed by atoms with E-state index in [4.69, 9.17) is 0 Å². The third-order valence-corrected chi connectivity index (χ3v) is 4.39. The summed E-state index contributed by atoms with van der Waals surface area (Å²) in [5, 5.41) is 3.47. The van der Waals surface area contributed by atoms with E-state index in [0.29, 0.717) is 12.0 Å². The van der Waals surface area contributed by atoms with Gasteiger partial charge < -0.3 is 5.32 Å². The van der Waals surface area contributed by atoms with Gasteiger partial charge in [-0.3, -0.25) is 4.79 Å². The van der Waals surface area contributed by atoms with E-state index in [2.05, 4.69) is 11.4 Å². The van der Waals surface area contributed by atoms with Crippen LogP contribution in [0.15, 0.2) is 72.8 Å². The van der Waals surface area contributed by atoms with Gasteiger partial charge in [0.25, 0.3) is 0 Å². The van der Waals surface area contributed by atoms with Gasteiger partial charge in [-0.2, -0.15) is 0 Å². The second-order valence-corrected chi connectivity index (χ2v) is 6.61. The summed E-state index contributed by atoms with van der Waals surface area (Å²) in [7, 11) is 0. The van der Waals surface area contributed by atoms with Crippen molar-refractivity contribution in [1.82, 2.24) is 0 Å². The molecule has 3 aromatic carbocycles. The topological polar surface area (TPSA) is 29.1 Å². The number of benzene rings is 3. The summed E-state index contributed by atoms with van der Waals surface area (Å²) in [6.45, 7) is 4.08. The van der Waals surface area contributed by atoms with Crippen LogP contribution in [0.2, 0.25) is 0 Å². The molecule has 0 amide bonds. The zero-order valence-corrected chi connectivity index (χ0v) is 15.0. The van der Waals surface area contributed by atoms with Crippen molar-refractivity contribution in [2.75, 3.05) is 5.32 Å². The van der Waals surface area contributed by atoms with Crippen molar-refractivity contribution >= 4 is 11.5 Å². The number of ketones is 1. The van der Waals surface area contributed by atoms with Gasteiger partial charge in [0.1, 0.15) is 5.82 Å². The van der Waals surface area contributed by atoms with E-state index in [1.54, 1.807) is 0 Å². The average Bonchev–Trinajstić information content (AvgIpc) is 2.62. The maximum atomic E-state index is 13.1. The first-order chi connectivity index (χ1) is 12.5. The normalized spacial score (nSPS) is 11.8. The van der Waals surface area contributed by atoms with Crippen molar-refractivity contribution in [3.05, 3.63) is 101 Å². The number of hydrogen-bond donors (Lipinski definition) is 1. The van der Waals surface area contributed by atoms with Crippen molar-refractivity contribution in [3.8, 4) is 0 Å². The Balaban J connectivity index is 1.85. The Labute approximate surface area is 153 Å².